The van der Waals surface area contributed by atoms with Crippen molar-refractivity contribution in [3.05, 3.63) is 0 Å². The van der Waals surface area contributed by atoms with E-state index in [1.54, 1.807) is 0 Å². The fourth-order valence-corrected chi connectivity index (χ4v) is 0. The zero-order valence-electron chi connectivity index (χ0n) is 4.47. The maximum atomic E-state index is 9.24. The van der Waals surface area contributed by atoms with Crippen molar-refractivity contribution < 1.29 is 9.90 Å². The molecule has 0 saturated carbocycles. The number of nitrogens with zero attached hydrogens (tertiary/aromatic N) is 1. The molecule has 0 aliphatic carbocycles. The Morgan fingerprint density at radius 1 is 1.89 bits per heavy atom. The van der Waals surface area contributed by atoms with E-state index in [4.69, 9.17) is 22.0 Å². The Morgan fingerprint density at radius 2 is 2.11 bits per heavy atom. The number of hydrogen-bond acceptors (Lipinski definition) is 2. The number of alkyl halides is 2. The minimum atomic E-state index is -0.980. The van der Waals surface area contributed by atoms with Crippen LogP contribution in [0.4, 0.5) is 0 Å². The summed E-state index contributed by atoms with van der Waals surface area (Å²) in [6.07, 6.45) is 0. The van der Waals surface area contributed by atoms with Gasteiger partial charge in [-0.25, -0.2) is 0 Å². The highest BCUT2D eigenvalue weighted by Gasteiger charge is 1.83. The average Bonchev–Trinajstić information content (AvgIpc) is 1.89. The van der Waals surface area contributed by atoms with Crippen LogP contribution in [0.15, 0.2) is 0 Å². The van der Waals surface area contributed by atoms with E-state index >= 15 is 0 Å². The lowest BCUT2D eigenvalue weighted by Gasteiger charge is -1.69. The lowest BCUT2D eigenvalue weighted by molar-refractivity contribution is -0.134. The maximum absolute atomic E-state index is 9.24. The topological polar surface area (TPSA) is 61.1 Å². The van der Waals surface area contributed by atoms with E-state index in [0.29, 0.717) is 5.33 Å². The molecule has 0 heterocycles. The number of halogens is 2. The minimum absolute atomic E-state index is 0.306. The van der Waals surface area contributed by atoms with Gasteiger partial charge in [-0.3, -0.25) is 4.79 Å². The number of carboxylic acid groups (broad SMARTS) is 1. The lowest BCUT2D eigenvalue weighted by Crippen LogP contribution is -1.92. The molecule has 1 N–H and O–H groups in total. The Balaban J connectivity index is 0. The highest BCUT2D eigenvalue weighted by Crippen LogP contribution is 1.68. The summed E-state index contributed by atoms with van der Waals surface area (Å²) in [5.41, 5.74) is 0. The molecule has 0 aliphatic heterocycles. The second kappa shape index (κ2) is 10.7. The lowest BCUT2D eigenvalue weighted by atomic mass is 10.8. The third-order valence-electron chi connectivity index (χ3n) is 0.174. The van der Waals surface area contributed by atoms with Crippen LogP contribution in [0.25, 0.3) is 0 Å². The molecule has 0 saturated heterocycles. The summed E-state index contributed by atoms with van der Waals surface area (Å²) in [4.78, 5) is 9.24. The van der Waals surface area contributed by atoms with Gasteiger partial charge in [-0.15, -0.1) is 11.6 Å². The first-order chi connectivity index (χ1) is 4.18. The van der Waals surface area contributed by atoms with Crippen molar-refractivity contribution in [2.75, 3.05) is 11.2 Å². The van der Waals surface area contributed by atoms with E-state index in [2.05, 4.69) is 15.9 Å². The van der Waals surface area contributed by atoms with Crippen molar-refractivity contribution in [3.63, 3.8) is 0 Å². The molecule has 0 aliphatic rings. The molecule has 0 fully saturated rings. The van der Waals surface area contributed by atoms with Gasteiger partial charge in [0.05, 0.1) is 11.4 Å². The Kier molecular flexibility index (Phi) is 13.6. The van der Waals surface area contributed by atoms with Gasteiger partial charge in [-0.1, -0.05) is 15.9 Å². The Labute approximate surface area is 66.4 Å². The van der Waals surface area contributed by atoms with Crippen molar-refractivity contribution in [2.24, 2.45) is 0 Å². The van der Waals surface area contributed by atoms with Crippen molar-refractivity contribution in [2.45, 2.75) is 0 Å². The van der Waals surface area contributed by atoms with Crippen molar-refractivity contribution in [1.82, 2.24) is 0 Å². The van der Waals surface area contributed by atoms with Crippen LogP contribution >= 0.6 is 27.5 Å². The molecule has 0 atom stereocenters. The zero-order chi connectivity index (χ0) is 7.70. The van der Waals surface area contributed by atoms with Gasteiger partial charge in [0.25, 0.3) is 0 Å². The molecule has 0 bridgehead atoms. The molecule has 0 aromatic rings. The van der Waals surface area contributed by atoms with Gasteiger partial charge in [0, 0.05) is 0 Å². The number of hydrogen-bond donors (Lipinski definition) is 1. The van der Waals surface area contributed by atoms with Gasteiger partial charge >= 0.3 is 5.97 Å². The van der Waals surface area contributed by atoms with E-state index in [-0.39, 0.29) is 5.88 Å². The van der Waals surface area contributed by atoms with Gasteiger partial charge in [0.1, 0.15) is 5.88 Å². The van der Waals surface area contributed by atoms with Gasteiger partial charge in [-0.05, 0) is 0 Å². The highest BCUT2D eigenvalue weighted by atomic mass is 79.9. The van der Waals surface area contributed by atoms with Crippen LogP contribution < -0.4 is 0 Å². The van der Waals surface area contributed by atoms with E-state index in [9.17, 15) is 4.79 Å². The molecule has 9 heavy (non-hydrogen) atoms. The van der Waals surface area contributed by atoms with Crippen LogP contribution in [-0.2, 0) is 4.79 Å². The molecule has 52 valence electrons. The summed E-state index contributed by atoms with van der Waals surface area (Å²) in [6.45, 7) is 0. The largest absolute Gasteiger partial charge is 0.480 e. The summed E-state index contributed by atoms with van der Waals surface area (Å²) >= 11 is 7.62. The third-order valence-corrected chi connectivity index (χ3v) is 0.653. The molecule has 0 amide bonds. The summed E-state index contributed by atoms with van der Waals surface area (Å²) in [7, 11) is 0. The summed E-state index contributed by atoms with van der Waals surface area (Å²) in [6, 6.07) is 1.85. The van der Waals surface area contributed by atoms with E-state index in [0.717, 1.165) is 0 Å². The molecule has 0 aromatic heterocycles. The molecule has 5 heteroatoms. The maximum Gasteiger partial charge on any atom is 0.318 e. The second-order valence-electron chi connectivity index (χ2n) is 0.819. The predicted octanol–water partition coefficient (Wildman–Crippen LogP) is 1.21. The number of carbonyl (C=O) groups is 1. The van der Waals surface area contributed by atoms with E-state index in [1.165, 1.54) is 0 Å². The molecule has 0 rings (SSSR count). The SMILES string of the molecule is N#CCBr.O=C(O)CCl. The van der Waals surface area contributed by atoms with Gasteiger partial charge in [0.15, 0.2) is 0 Å². The second-order valence-corrected chi connectivity index (χ2v) is 1.65. The standard InChI is InChI=1S/C2H2BrN.C2H3ClO2/c3-1-2-4;3-1-2(4)5/h1H2;1H2,(H,4,5). The minimum Gasteiger partial charge on any atom is -0.480 e. The Bertz CT molecular complexity index is 112. The van der Waals surface area contributed by atoms with Gasteiger partial charge in [0.2, 0.25) is 0 Å². The molecule has 0 unspecified atom stereocenters. The fraction of sp³-hybridized carbons (Fsp3) is 0.500. The smallest absolute Gasteiger partial charge is 0.318 e. The molecular weight excluding hydrogens is 209 g/mol. The first kappa shape index (κ1) is 11.5. The van der Waals surface area contributed by atoms with Crippen LogP contribution in [0.2, 0.25) is 0 Å². The van der Waals surface area contributed by atoms with E-state index in [1.807, 2.05) is 6.07 Å². The number of rotatable bonds is 1. The van der Waals surface area contributed by atoms with Crippen molar-refractivity contribution >= 4 is 33.5 Å². The number of aliphatic carboxylic acids is 1. The highest BCUT2D eigenvalue weighted by molar-refractivity contribution is 9.09. The summed E-state index contributed by atoms with van der Waals surface area (Å²) in [5.74, 6) is -1.29. The number of nitriles is 1. The molecule has 0 radical (unpaired) electrons. The van der Waals surface area contributed by atoms with Crippen LogP contribution in [0.3, 0.4) is 0 Å². The Hall–Kier alpha value is -0.270. The Morgan fingerprint density at radius 3 is 2.11 bits per heavy atom. The predicted molar refractivity (Wildman–Crippen MR) is 37.8 cm³/mol. The summed E-state index contributed by atoms with van der Waals surface area (Å²) < 4.78 is 0. The fourth-order valence-electron chi connectivity index (χ4n) is 0. The average molecular weight is 214 g/mol. The first-order valence-corrected chi connectivity index (χ1v) is 3.55. The first-order valence-electron chi connectivity index (χ1n) is 1.89. The van der Waals surface area contributed by atoms with Crippen molar-refractivity contribution in [3.8, 4) is 6.07 Å². The van der Waals surface area contributed by atoms with Crippen LogP contribution in [0, 0.1) is 11.3 Å². The van der Waals surface area contributed by atoms with Crippen LogP contribution in [0.5, 0.6) is 0 Å². The number of carboxylic acids is 1. The van der Waals surface area contributed by atoms with Gasteiger partial charge in [-0.2, -0.15) is 5.26 Å². The quantitative estimate of drug-likeness (QED) is 0.668. The molecule has 0 spiro atoms. The summed E-state index contributed by atoms with van der Waals surface area (Å²) in [5, 5.41) is 15.6. The normalized spacial score (nSPS) is 6.33. The molecule has 3 nitrogen and oxygen atoms in total. The monoisotopic (exact) mass is 213 g/mol. The van der Waals surface area contributed by atoms with Crippen molar-refractivity contribution in [1.29, 1.82) is 5.26 Å². The van der Waals surface area contributed by atoms with Crippen LogP contribution in [0.1, 0.15) is 0 Å². The molecule has 0 aromatic carbocycles. The van der Waals surface area contributed by atoms with Crippen LogP contribution in [-0.4, -0.2) is 22.3 Å². The van der Waals surface area contributed by atoms with Gasteiger partial charge < -0.3 is 5.11 Å². The third kappa shape index (κ3) is 34.1. The van der Waals surface area contributed by atoms with E-state index < -0.39 is 5.97 Å². The molecular formula is C4H5BrClNO2. The zero-order valence-corrected chi connectivity index (χ0v) is 6.81.